The summed E-state index contributed by atoms with van der Waals surface area (Å²) in [6, 6.07) is 0. The van der Waals surface area contributed by atoms with E-state index >= 15 is 0 Å². The van der Waals surface area contributed by atoms with E-state index in [-0.39, 0.29) is 0 Å². The van der Waals surface area contributed by atoms with Crippen LogP contribution in [0.3, 0.4) is 0 Å². The van der Waals surface area contributed by atoms with E-state index in [0.29, 0.717) is 12.7 Å². The molecule has 0 spiro atoms. The maximum absolute atomic E-state index is 7.88. The Morgan fingerprint density at radius 1 is 0.789 bits per heavy atom. The minimum absolute atomic E-state index is 0.319. The molecule has 1 fully saturated rings. The van der Waals surface area contributed by atoms with Gasteiger partial charge in [0.05, 0.1) is 12.7 Å². The quantitative estimate of drug-likeness (QED) is 0.397. The average Bonchev–Trinajstić information content (AvgIpc) is 3.25. The number of unbranched alkanes of at least 4 members (excludes halogenated alkanes) is 9. The van der Waals surface area contributed by atoms with Crippen LogP contribution in [0.5, 0.6) is 0 Å². The molecule has 0 aromatic heterocycles. The van der Waals surface area contributed by atoms with Crippen molar-refractivity contribution in [2.24, 2.45) is 0 Å². The van der Waals surface area contributed by atoms with Gasteiger partial charge in [-0.05, 0) is 12.8 Å². The number of hydrogen-bond acceptors (Lipinski definition) is 2. The maximum Gasteiger partial charge on any atom is 0.0810 e. The number of aliphatic hydroxyl groups excluding tert-OH is 1. The van der Waals surface area contributed by atoms with Crippen LogP contribution in [0.25, 0.3) is 0 Å². The van der Waals surface area contributed by atoms with Crippen LogP contribution in [0.15, 0.2) is 0 Å². The lowest BCUT2D eigenvalue weighted by Crippen LogP contribution is -1.86. The van der Waals surface area contributed by atoms with E-state index in [1.807, 2.05) is 6.92 Å². The van der Waals surface area contributed by atoms with Crippen molar-refractivity contribution in [1.82, 2.24) is 0 Å². The Morgan fingerprint density at radius 3 is 1.58 bits per heavy atom. The zero-order valence-corrected chi connectivity index (χ0v) is 13.3. The van der Waals surface area contributed by atoms with Crippen molar-refractivity contribution in [3.8, 4) is 0 Å². The van der Waals surface area contributed by atoms with Crippen molar-refractivity contribution < 1.29 is 9.84 Å². The highest BCUT2D eigenvalue weighted by Gasteiger charge is 2.20. The maximum atomic E-state index is 7.88. The Balaban J connectivity index is 0.000000711. The molecule has 1 heterocycles. The van der Waals surface area contributed by atoms with Crippen molar-refractivity contribution in [2.75, 3.05) is 13.2 Å². The molecule has 1 N–H and O–H groups in total. The first-order chi connectivity index (χ1) is 9.35. The molecule has 1 aliphatic heterocycles. The molecule has 0 radical (unpaired) electrons. The monoisotopic (exact) mass is 272 g/mol. The molecule has 0 aromatic rings. The number of rotatable bonds is 12. The molecule has 116 valence electrons. The Bertz CT molecular complexity index is 153. The van der Waals surface area contributed by atoms with Crippen LogP contribution in [-0.4, -0.2) is 24.4 Å². The summed E-state index contributed by atoms with van der Waals surface area (Å²) in [4.78, 5) is 0. The smallest absolute Gasteiger partial charge is 0.0810 e. The molecule has 0 bridgehead atoms. The zero-order chi connectivity index (χ0) is 14.2. The van der Waals surface area contributed by atoms with Crippen molar-refractivity contribution in [3.63, 3.8) is 0 Å². The normalized spacial score (nSPS) is 16.9. The molecular formula is C17H36O2. The molecule has 0 aromatic carbocycles. The van der Waals surface area contributed by atoms with Crippen LogP contribution in [-0.2, 0) is 4.74 Å². The lowest BCUT2D eigenvalue weighted by atomic mass is 10.1. The molecule has 0 amide bonds. The predicted molar refractivity (Wildman–Crippen MR) is 83.6 cm³/mol. The van der Waals surface area contributed by atoms with Gasteiger partial charge in [-0.25, -0.2) is 0 Å². The molecule has 2 nitrogen and oxygen atoms in total. The average molecular weight is 272 g/mol. The van der Waals surface area contributed by atoms with Gasteiger partial charge >= 0.3 is 0 Å². The SMILES string of the molecule is CCCCCCCCCCCCC1CO1.CCCO. The molecule has 19 heavy (non-hydrogen) atoms. The minimum atomic E-state index is 0.319. The number of ether oxygens (including phenoxy) is 1. The van der Waals surface area contributed by atoms with Gasteiger partial charge in [0.2, 0.25) is 0 Å². The summed E-state index contributed by atoms with van der Waals surface area (Å²) in [7, 11) is 0. The van der Waals surface area contributed by atoms with Crippen molar-refractivity contribution in [2.45, 2.75) is 97.0 Å². The summed E-state index contributed by atoms with van der Waals surface area (Å²) in [5.41, 5.74) is 0. The fraction of sp³-hybridized carbons (Fsp3) is 1.00. The lowest BCUT2D eigenvalue weighted by molar-refractivity contribution is 0.295. The fourth-order valence-corrected chi connectivity index (χ4v) is 2.09. The summed E-state index contributed by atoms with van der Waals surface area (Å²) < 4.78 is 5.19. The highest BCUT2D eigenvalue weighted by atomic mass is 16.6. The zero-order valence-electron chi connectivity index (χ0n) is 13.3. The number of epoxide rings is 1. The standard InChI is InChI=1S/C14H28O.C3H8O/c1-2-3-4-5-6-7-8-9-10-11-12-14-13-15-14;1-2-3-4/h14H,2-13H2,1H3;4H,2-3H2,1H3. The van der Waals surface area contributed by atoms with E-state index in [2.05, 4.69) is 6.92 Å². The third-order valence-corrected chi connectivity index (χ3v) is 3.51. The third kappa shape index (κ3) is 17.9. The molecule has 2 heteroatoms. The first kappa shape index (κ1) is 18.9. The van der Waals surface area contributed by atoms with E-state index < -0.39 is 0 Å². The van der Waals surface area contributed by atoms with E-state index in [1.54, 1.807) is 0 Å². The second-order valence-electron chi connectivity index (χ2n) is 5.65. The molecule has 1 rings (SSSR count). The highest BCUT2D eigenvalue weighted by Crippen LogP contribution is 2.18. The first-order valence-corrected chi connectivity index (χ1v) is 8.57. The largest absolute Gasteiger partial charge is 0.396 e. The predicted octanol–water partition coefficient (Wildman–Crippen LogP) is 5.08. The topological polar surface area (TPSA) is 32.8 Å². The van der Waals surface area contributed by atoms with Crippen LogP contribution in [0.2, 0.25) is 0 Å². The molecule has 1 saturated heterocycles. The Hall–Kier alpha value is -0.0800. The Labute approximate surface area is 120 Å². The van der Waals surface area contributed by atoms with E-state index in [9.17, 15) is 0 Å². The Kier molecular flexibility index (Phi) is 15.9. The van der Waals surface area contributed by atoms with E-state index in [4.69, 9.17) is 9.84 Å². The van der Waals surface area contributed by atoms with Gasteiger partial charge in [-0.3, -0.25) is 0 Å². The van der Waals surface area contributed by atoms with Crippen molar-refractivity contribution >= 4 is 0 Å². The highest BCUT2D eigenvalue weighted by molar-refractivity contribution is 4.68. The van der Waals surface area contributed by atoms with Crippen LogP contribution >= 0.6 is 0 Å². The summed E-state index contributed by atoms with van der Waals surface area (Å²) in [6.45, 7) is 5.57. The van der Waals surface area contributed by atoms with Gasteiger partial charge in [0, 0.05) is 6.61 Å². The third-order valence-electron chi connectivity index (χ3n) is 3.51. The molecule has 0 saturated carbocycles. The van der Waals surface area contributed by atoms with Crippen LogP contribution in [0, 0.1) is 0 Å². The van der Waals surface area contributed by atoms with Crippen molar-refractivity contribution in [3.05, 3.63) is 0 Å². The van der Waals surface area contributed by atoms with Crippen molar-refractivity contribution in [1.29, 1.82) is 0 Å². The minimum Gasteiger partial charge on any atom is -0.396 e. The molecule has 0 aliphatic carbocycles. The van der Waals surface area contributed by atoms with Gasteiger partial charge in [-0.1, -0.05) is 78.1 Å². The van der Waals surface area contributed by atoms with E-state index in [1.165, 1.54) is 70.6 Å². The lowest BCUT2D eigenvalue weighted by Gasteiger charge is -2.01. The van der Waals surface area contributed by atoms with Gasteiger partial charge in [0.15, 0.2) is 0 Å². The van der Waals surface area contributed by atoms with Crippen LogP contribution < -0.4 is 0 Å². The van der Waals surface area contributed by atoms with Gasteiger partial charge in [-0.2, -0.15) is 0 Å². The molecule has 1 unspecified atom stereocenters. The second-order valence-corrected chi connectivity index (χ2v) is 5.65. The van der Waals surface area contributed by atoms with E-state index in [0.717, 1.165) is 13.0 Å². The summed E-state index contributed by atoms with van der Waals surface area (Å²) in [6.07, 6.45) is 17.2. The summed E-state index contributed by atoms with van der Waals surface area (Å²) >= 11 is 0. The van der Waals surface area contributed by atoms with Crippen LogP contribution in [0.4, 0.5) is 0 Å². The van der Waals surface area contributed by atoms with Gasteiger partial charge in [-0.15, -0.1) is 0 Å². The number of aliphatic hydroxyl groups is 1. The molecule has 1 aliphatic rings. The van der Waals surface area contributed by atoms with Gasteiger partial charge < -0.3 is 9.84 Å². The summed E-state index contributed by atoms with van der Waals surface area (Å²) in [5.74, 6) is 0. The molecular weight excluding hydrogens is 236 g/mol. The second kappa shape index (κ2) is 16.0. The van der Waals surface area contributed by atoms with Gasteiger partial charge in [0.25, 0.3) is 0 Å². The fourth-order valence-electron chi connectivity index (χ4n) is 2.09. The summed E-state index contributed by atoms with van der Waals surface area (Å²) in [5, 5.41) is 7.88. The first-order valence-electron chi connectivity index (χ1n) is 8.57. The molecule has 1 atom stereocenters. The van der Waals surface area contributed by atoms with Gasteiger partial charge in [0.1, 0.15) is 0 Å². The number of hydrogen-bond donors (Lipinski definition) is 1. The Morgan fingerprint density at radius 2 is 1.21 bits per heavy atom. The van der Waals surface area contributed by atoms with Crippen LogP contribution in [0.1, 0.15) is 90.9 Å².